The van der Waals surface area contributed by atoms with Gasteiger partial charge in [0.2, 0.25) is 12.2 Å². The summed E-state index contributed by atoms with van der Waals surface area (Å²) >= 11 is 5.40. The summed E-state index contributed by atoms with van der Waals surface area (Å²) in [5.74, 6) is 1.11. The average molecular weight is 446 g/mol. The Bertz CT molecular complexity index is 702. The number of rotatable bonds is 11. The molecule has 9 heteroatoms. The van der Waals surface area contributed by atoms with E-state index in [2.05, 4.69) is 25.9 Å². The number of hydrogen-bond acceptors (Lipinski definition) is 5. The number of aliphatic imine (C=N–C) groups is 1. The number of nitrogens with zero attached hydrogens (tertiary/aromatic N) is 4. The molecule has 0 aromatic carbocycles. The van der Waals surface area contributed by atoms with Gasteiger partial charge in [0.25, 0.3) is 0 Å². The molecule has 1 aromatic rings. The lowest BCUT2D eigenvalue weighted by molar-refractivity contribution is -0.117. The van der Waals surface area contributed by atoms with Gasteiger partial charge in [0, 0.05) is 38.2 Å². The van der Waals surface area contributed by atoms with Crippen molar-refractivity contribution in [2.45, 2.75) is 57.8 Å². The molecule has 170 valence electrons. The zero-order valence-electron chi connectivity index (χ0n) is 18.5. The van der Waals surface area contributed by atoms with Crippen molar-refractivity contribution in [2.75, 3.05) is 32.1 Å². The summed E-state index contributed by atoms with van der Waals surface area (Å²) in [5.41, 5.74) is 0.838. The predicted molar refractivity (Wildman–Crippen MR) is 128 cm³/mol. The van der Waals surface area contributed by atoms with E-state index in [4.69, 9.17) is 22.3 Å². The fourth-order valence-corrected chi connectivity index (χ4v) is 3.72. The minimum atomic E-state index is 0.454. The van der Waals surface area contributed by atoms with Crippen LogP contribution < -0.4 is 16.0 Å². The van der Waals surface area contributed by atoms with Crippen molar-refractivity contribution in [1.29, 1.82) is 5.26 Å². The molecule has 1 heterocycles. The third-order valence-electron chi connectivity index (χ3n) is 5.32. The summed E-state index contributed by atoms with van der Waals surface area (Å²) in [6.07, 6.45) is 15.9. The lowest BCUT2D eigenvalue weighted by atomic mass is 9.90. The van der Waals surface area contributed by atoms with E-state index in [1.54, 1.807) is 12.4 Å². The first-order valence-corrected chi connectivity index (χ1v) is 11.6. The lowest BCUT2D eigenvalue weighted by Crippen LogP contribution is -2.39. The Morgan fingerprint density at radius 1 is 1.23 bits per heavy atom. The molecule has 1 aliphatic carbocycles. The molecule has 0 amide bonds. The van der Waals surface area contributed by atoms with Crippen molar-refractivity contribution in [2.24, 2.45) is 10.9 Å². The quantitative estimate of drug-likeness (QED) is 0.118. The largest absolute Gasteiger partial charge is 0.364 e. The fourth-order valence-electron chi connectivity index (χ4n) is 3.57. The number of unbranched alkanes of at least 4 members (excludes halogenated alkanes) is 3. The van der Waals surface area contributed by atoms with E-state index in [0.29, 0.717) is 17.0 Å². The molecule has 1 aliphatic rings. The molecule has 0 atom stereocenters. The highest BCUT2D eigenvalue weighted by Gasteiger charge is 2.16. The van der Waals surface area contributed by atoms with Gasteiger partial charge in [0.1, 0.15) is 0 Å². The Morgan fingerprint density at radius 3 is 2.68 bits per heavy atom. The maximum atomic E-state index is 8.87. The molecule has 1 saturated carbocycles. The minimum absolute atomic E-state index is 0.454. The standard InChI is InChI=1S/C22H35N7OS/c1-24-22(31)29(30-17-19-9-5-4-6-10-19)16-8-3-2-7-13-26-21(27-18-23)28-20-11-14-25-15-12-20/h11-12,14-15,19H,2-10,13,16-17H2,1H3,(H,24,31)(H2,25,26,27,28). The second kappa shape index (κ2) is 15.4. The zero-order valence-corrected chi connectivity index (χ0v) is 19.3. The Hall–Kier alpha value is -2.44. The maximum Gasteiger partial charge on any atom is 0.211 e. The Kier molecular flexibility index (Phi) is 12.3. The normalized spacial score (nSPS) is 14.5. The number of hydroxylamine groups is 2. The van der Waals surface area contributed by atoms with Crippen molar-refractivity contribution in [1.82, 2.24) is 20.7 Å². The van der Waals surface area contributed by atoms with Crippen molar-refractivity contribution in [3.63, 3.8) is 0 Å². The summed E-state index contributed by atoms with van der Waals surface area (Å²) in [7, 11) is 1.84. The molecule has 31 heavy (non-hydrogen) atoms. The van der Waals surface area contributed by atoms with Crippen LogP contribution in [0.5, 0.6) is 0 Å². The van der Waals surface area contributed by atoms with Crippen LogP contribution in [0.4, 0.5) is 5.69 Å². The number of nitrogens with one attached hydrogen (secondary N) is 3. The van der Waals surface area contributed by atoms with Crippen LogP contribution in [0.2, 0.25) is 0 Å². The molecule has 0 aliphatic heterocycles. The minimum Gasteiger partial charge on any atom is -0.364 e. The van der Waals surface area contributed by atoms with Gasteiger partial charge in [-0.05, 0) is 56.0 Å². The topological polar surface area (TPSA) is 97.6 Å². The van der Waals surface area contributed by atoms with E-state index in [9.17, 15) is 0 Å². The predicted octanol–water partition coefficient (Wildman–Crippen LogP) is 3.80. The van der Waals surface area contributed by atoms with Crippen LogP contribution in [0.15, 0.2) is 29.5 Å². The van der Waals surface area contributed by atoms with E-state index in [0.717, 1.165) is 51.1 Å². The molecule has 0 unspecified atom stereocenters. The summed E-state index contributed by atoms with van der Waals surface area (Å²) in [6, 6.07) is 3.65. The lowest BCUT2D eigenvalue weighted by Gasteiger charge is -2.28. The van der Waals surface area contributed by atoms with Gasteiger partial charge in [-0.25, -0.2) is 5.06 Å². The van der Waals surface area contributed by atoms with Crippen LogP contribution in [0, 0.1) is 17.4 Å². The van der Waals surface area contributed by atoms with Gasteiger partial charge in [-0.3, -0.25) is 9.82 Å². The fraction of sp³-hybridized carbons (Fsp3) is 0.636. The monoisotopic (exact) mass is 445 g/mol. The highest BCUT2D eigenvalue weighted by Crippen LogP contribution is 2.24. The van der Waals surface area contributed by atoms with Crippen LogP contribution in [0.1, 0.15) is 57.8 Å². The van der Waals surface area contributed by atoms with Crippen LogP contribution in [0.25, 0.3) is 0 Å². The molecular formula is C22H35N7OS. The van der Waals surface area contributed by atoms with Crippen molar-refractivity contribution in [3.8, 4) is 6.19 Å². The molecule has 2 rings (SSSR count). The molecule has 0 bridgehead atoms. The summed E-state index contributed by atoms with van der Waals surface area (Å²) in [4.78, 5) is 13.8. The number of nitriles is 1. The summed E-state index contributed by atoms with van der Waals surface area (Å²) in [6.45, 7) is 2.30. The number of anilines is 1. The Balaban J connectivity index is 1.60. The van der Waals surface area contributed by atoms with Crippen molar-refractivity contribution >= 4 is 29.0 Å². The van der Waals surface area contributed by atoms with E-state index in [-0.39, 0.29) is 0 Å². The maximum absolute atomic E-state index is 8.87. The summed E-state index contributed by atoms with van der Waals surface area (Å²) < 4.78 is 0. The van der Waals surface area contributed by atoms with E-state index < -0.39 is 0 Å². The van der Waals surface area contributed by atoms with E-state index in [1.807, 2.05) is 30.4 Å². The highest BCUT2D eigenvalue weighted by molar-refractivity contribution is 7.80. The first kappa shape index (κ1) is 24.8. The van der Waals surface area contributed by atoms with E-state index >= 15 is 0 Å². The van der Waals surface area contributed by atoms with Crippen LogP contribution in [0.3, 0.4) is 0 Å². The highest BCUT2D eigenvalue weighted by atomic mass is 32.1. The molecule has 0 radical (unpaired) electrons. The first-order chi connectivity index (χ1) is 15.2. The second-order valence-corrected chi connectivity index (χ2v) is 8.11. The van der Waals surface area contributed by atoms with Gasteiger partial charge in [-0.2, -0.15) is 5.26 Å². The molecule has 8 nitrogen and oxygen atoms in total. The van der Waals surface area contributed by atoms with Gasteiger partial charge in [-0.15, -0.1) is 4.99 Å². The third kappa shape index (κ3) is 10.4. The Morgan fingerprint density at radius 2 is 1.97 bits per heavy atom. The molecule has 1 fully saturated rings. The molecule has 1 aromatic heterocycles. The smallest absolute Gasteiger partial charge is 0.211 e. The Labute approximate surface area is 191 Å². The van der Waals surface area contributed by atoms with E-state index in [1.165, 1.54) is 32.1 Å². The third-order valence-corrected chi connectivity index (χ3v) is 5.72. The van der Waals surface area contributed by atoms with Gasteiger partial charge in [0.15, 0.2) is 5.11 Å². The van der Waals surface area contributed by atoms with Crippen molar-refractivity contribution < 1.29 is 4.84 Å². The molecule has 0 saturated heterocycles. The van der Waals surface area contributed by atoms with Gasteiger partial charge in [0.05, 0.1) is 6.61 Å². The van der Waals surface area contributed by atoms with Crippen molar-refractivity contribution in [3.05, 3.63) is 24.5 Å². The van der Waals surface area contributed by atoms with Crippen LogP contribution in [-0.4, -0.2) is 47.9 Å². The van der Waals surface area contributed by atoms with Crippen LogP contribution >= 0.6 is 12.2 Å². The molecule has 0 spiro atoms. The number of aromatic nitrogens is 1. The zero-order chi connectivity index (χ0) is 22.2. The van der Waals surface area contributed by atoms with Gasteiger partial charge < -0.3 is 16.0 Å². The molecular weight excluding hydrogens is 410 g/mol. The van der Waals surface area contributed by atoms with Crippen LogP contribution in [-0.2, 0) is 4.84 Å². The number of pyridine rings is 1. The SMILES string of the molecule is CNC(=S)N(CCCCCCNC(=NC#N)Nc1ccncc1)OCC1CCCCC1. The molecule has 3 N–H and O–H groups in total. The first-order valence-electron chi connectivity index (χ1n) is 11.2. The van der Waals surface area contributed by atoms with Gasteiger partial charge in [-0.1, -0.05) is 32.1 Å². The number of guanidine groups is 1. The number of thiocarbonyl (C=S) groups is 1. The summed E-state index contributed by atoms with van der Waals surface area (Å²) in [5, 5.41) is 20.7. The number of hydrogen-bond donors (Lipinski definition) is 3. The van der Waals surface area contributed by atoms with Gasteiger partial charge >= 0.3 is 0 Å². The second-order valence-electron chi connectivity index (χ2n) is 7.72. The average Bonchev–Trinajstić information content (AvgIpc) is 2.81.